The van der Waals surface area contributed by atoms with Crippen molar-refractivity contribution in [1.29, 1.82) is 0 Å². The largest absolute Gasteiger partial charge is 0.394 e. The summed E-state index contributed by atoms with van der Waals surface area (Å²) in [5.74, 6) is -0.148. The smallest absolute Gasteiger partial charge is 0.220 e. The lowest BCUT2D eigenvalue weighted by molar-refractivity contribution is -0.302. The van der Waals surface area contributed by atoms with E-state index < -0.39 is 49.5 Å². The average molecular weight is 876 g/mol. The highest BCUT2D eigenvalue weighted by Crippen LogP contribution is 2.23. The van der Waals surface area contributed by atoms with Gasteiger partial charge in [0.05, 0.1) is 25.4 Å². The van der Waals surface area contributed by atoms with Crippen LogP contribution in [0.3, 0.4) is 0 Å². The van der Waals surface area contributed by atoms with Crippen molar-refractivity contribution in [3.05, 3.63) is 48.6 Å². The summed E-state index contributed by atoms with van der Waals surface area (Å²) >= 11 is 0. The highest BCUT2D eigenvalue weighted by Gasteiger charge is 2.44. The van der Waals surface area contributed by atoms with E-state index in [9.17, 15) is 30.3 Å². The maximum atomic E-state index is 12.9. The first kappa shape index (κ1) is 58.2. The van der Waals surface area contributed by atoms with Crippen molar-refractivity contribution in [2.45, 2.75) is 269 Å². The predicted octanol–water partition coefficient (Wildman–Crippen LogP) is 11.8. The molecule has 1 rings (SSSR count). The molecule has 0 aliphatic carbocycles. The molecule has 1 heterocycles. The van der Waals surface area contributed by atoms with Gasteiger partial charge in [0.25, 0.3) is 0 Å². The molecule has 7 unspecified atom stereocenters. The molecule has 62 heavy (non-hydrogen) atoms. The summed E-state index contributed by atoms with van der Waals surface area (Å²) in [6, 6.07) is -0.714. The lowest BCUT2D eigenvalue weighted by Gasteiger charge is -2.40. The zero-order valence-corrected chi connectivity index (χ0v) is 39.9. The lowest BCUT2D eigenvalue weighted by Crippen LogP contribution is -2.60. The summed E-state index contributed by atoms with van der Waals surface area (Å²) in [5, 5.41) is 54.0. The van der Waals surface area contributed by atoms with Gasteiger partial charge in [-0.2, -0.15) is 0 Å². The van der Waals surface area contributed by atoms with Crippen molar-refractivity contribution in [1.82, 2.24) is 5.32 Å². The summed E-state index contributed by atoms with van der Waals surface area (Å²) in [6.07, 6.45) is 49.1. The first-order valence-electron chi connectivity index (χ1n) is 25.8. The van der Waals surface area contributed by atoms with E-state index >= 15 is 0 Å². The number of amides is 1. The van der Waals surface area contributed by atoms with Crippen LogP contribution in [0.1, 0.15) is 226 Å². The maximum absolute atomic E-state index is 12.9. The minimum absolute atomic E-state index is 0.138. The monoisotopic (exact) mass is 876 g/mol. The van der Waals surface area contributed by atoms with Crippen LogP contribution in [-0.2, 0) is 14.3 Å². The van der Waals surface area contributed by atoms with Crippen LogP contribution in [0.15, 0.2) is 48.6 Å². The van der Waals surface area contributed by atoms with Gasteiger partial charge in [-0.15, -0.1) is 0 Å². The highest BCUT2D eigenvalue weighted by molar-refractivity contribution is 5.76. The van der Waals surface area contributed by atoms with E-state index in [1.165, 1.54) is 135 Å². The number of carbonyl (C=O) groups is 1. The van der Waals surface area contributed by atoms with Crippen LogP contribution in [0.5, 0.6) is 0 Å². The van der Waals surface area contributed by atoms with Crippen LogP contribution in [0.4, 0.5) is 0 Å². The third-order valence-corrected chi connectivity index (χ3v) is 12.2. The third kappa shape index (κ3) is 32.8. The van der Waals surface area contributed by atoms with E-state index in [1.54, 1.807) is 0 Å². The van der Waals surface area contributed by atoms with Gasteiger partial charge in [0.15, 0.2) is 6.29 Å². The molecule has 0 aromatic heterocycles. The Bertz CT molecular complexity index is 1110. The number of rotatable bonds is 43. The number of ether oxygens (including phenoxy) is 2. The summed E-state index contributed by atoms with van der Waals surface area (Å²) in [7, 11) is 0. The van der Waals surface area contributed by atoms with Crippen LogP contribution in [0, 0.1) is 0 Å². The molecule has 1 fully saturated rings. The third-order valence-electron chi connectivity index (χ3n) is 12.2. The SMILES string of the molecule is CC/C=C\C/C=C\C/C=C\C/C=C\CCCCCCCCCCCCCCCCCCCCCCC(=O)NC(COC1OC(CO)C(O)C(O)C1O)C(O)CCCCCCCC. The van der Waals surface area contributed by atoms with Crippen LogP contribution in [0.25, 0.3) is 0 Å². The molecule has 1 aliphatic rings. The quantitative estimate of drug-likeness (QED) is 0.0262. The topological polar surface area (TPSA) is 149 Å². The van der Waals surface area contributed by atoms with Gasteiger partial charge in [-0.3, -0.25) is 4.79 Å². The predicted molar refractivity (Wildman–Crippen MR) is 258 cm³/mol. The molecule has 6 N–H and O–H groups in total. The van der Waals surface area contributed by atoms with E-state index in [1.807, 2.05) is 0 Å². The Kier molecular flexibility index (Phi) is 40.4. The molecule has 0 saturated carbocycles. The zero-order valence-electron chi connectivity index (χ0n) is 39.9. The standard InChI is InChI=1S/C53H97NO8/c1-3-5-7-9-11-12-13-14-15-16-17-18-19-20-21-22-23-24-25-26-27-28-29-30-31-32-33-34-35-36-37-39-41-43-49(57)54-46(47(56)42-40-38-10-8-6-4-2)45-61-53-52(60)51(59)50(58)48(44-55)62-53/h5,7,11-12,14-15,17-18,46-48,50-53,55-56,58-60H,3-4,6,8-10,13,16,19-45H2,1-2H3,(H,54,57)/b7-5-,12-11-,15-14-,18-17-. The number of hydrogen-bond acceptors (Lipinski definition) is 8. The number of allylic oxidation sites excluding steroid dienone is 8. The first-order valence-corrected chi connectivity index (χ1v) is 25.8. The summed E-state index contributed by atoms with van der Waals surface area (Å²) in [4.78, 5) is 12.9. The Labute approximate surface area is 380 Å². The maximum Gasteiger partial charge on any atom is 0.220 e. The van der Waals surface area contributed by atoms with Crippen molar-refractivity contribution >= 4 is 5.91 Å². The highest BCUT2D eigenvalue weighted by atomic mass is 16.7. The average Bonchev–Trinajstić information content (AvgIpc) is 3.27. The van der Waals surface area contributed by atoms with Gasteiger partial charge in [0.1, 0.15) is 24.4 Å². The van der Waals surface area contributed by atoms with Gasteiger partial charge in [0.2, 0.25) is 5.91 Å². The van der Waals surface area contributed by atoms with Gasteiger partial charge in [-0.05, 0) is 51.4 Å². The summed E-state index contributed by atoms with van der Waals surface area (Å²) < 4.78 is 11.2. The minimum Gasteiger partial charge on any atom is -0.394 e. The minimum atomic E-state index is -1.55. The fraction of sp³-hybridized carbons (Fsp3) is 0.830. The van der Waals surface area contributed by atoms with Gasteiger partial charge in [-0.1, -0.05) is 217 Å². The van der Waals surface area contributed by atoms with E-state index in [-0.39, 0.29) is 12.5 Å². The van der Waals surface area contributed by atoms with Gasteiger partial charge < -0.3 is 40.3 Å². The van der Waals surface area contributed by atoms with Crippen molar-refractivity contribution in [3.63, 3.8) is 0 Å². The Hall–Kier alpha value is -1.85. The number of aliphatic hydroxyl groups excluding tert-OH is 5. The van der Waals surface area contributed by atoms with Crippen LogP contribution in [-0.4, -0.2) is 87.5 Å². The molecule has 9 heteroatoms. The van der Waals surface area contributed by atoms with Crippen molar-refractivity contribution < 1.29 is 39.8 Å². The summed E-state index contributed by atoms with van der Waals surface area (Å²) in [6.45, 7) is 3.65. The second kappa shape index (κ2) is 43.1. The lowest BCUT2D eigenvalue weighted by atomic mass is 9.99. The van der Waals surface area contributed by atoms with E-state index in [0.29, 0.717) is 12.8 Å². The van der Waals surface area contributed by atoms with E-state index in [0.717, 1.165) is 64.2 Å². The molecule has 0 bridgehead atoms. The Morgan fingerprint density at radius 1 is 0.565 bits per heavy atom. The van der Waals surface area contributed by atoms with Crippen molar-refractivity contribution in [2.75, 3.05) is 13.2 Å². The second-order valence-corrected chi connectivity index (χ2v) is 17.9. The molecule has 1 aliphatic heterocycles. The molecule has 1 saturated heterocycles. The van der Waals surface area contributed by atoms with Crippen LogP contribution >= 0.6 is 0 Å². The molecular formula is C53H97NO8. The number of hydrogen-bond donors (Lipinski definition) is 6. The van der Waals surface area contributed by atoms with E-state index in [2.05, 4.69) is 67.8 Å². The molecule has 9 nitrogen and oxygen atoms in total. The molecule has 362 valence electrons. The molecule has 0 radical (unpaired) electrons. The van der Waals surface area contributed by atoms with Crippen molar-refractivity contribution in [3.8, 4) is 0 Å². The van der Waals surface area contributed by atoms with Gasteiger partial charge in [-0.25, -0.2) is 0 Å². The fourth-order valence-electron chi connectivity index (χ4n) is 8.09. The molecule has 7 atom stereocenters. The van der Waals surface area contributed by atoms with Crippen LogP contribution < -0.4 is 5.32 Å². The van der Waals surface area contributed by atoms with Gasteiger partial charge in [0, 0.05) is 6.42 Å². The number of nitrogens with one attached hydrogen (secondary N) is 1. The zero-order chi connectivity index (χ0) is 45.1. The number of aliphatic hydroxyl groups is 5. The molecule has 1 amide bonds. The first-order chi connectivity index (χ1) is 30.3. The molecular weight excluding hydrogens is 779 g/mol. The number of carbonyl (C=O) groups excluding carboxylic acids is 1. The van der Waals surface area contributed by atoms with Gasteiger partial charge >= 0.3 is 0 Å². The number of unbranched alkanes of at least 4 members (excludes halogenated alkanes) is 25. The normalized spacial score (nSPS) is 20.7. The fourth-order valence-corrected chi connectivity index (χ4v) is 8.09. The molecule has 0 aromatic rings. The summed E-state index contributed by atoms with van der Waals surface area (Å²) in [5.41, 5.74) is 0. The molecule has 0 spiro atoms. The molecule has 0 aromatic carbocycles. The van der Waals surface area contributed by atoms with E-state index in [4.69, 9.17) is 9.47 Å². The Morgan fingerprint density at radius 2 is 1.00 bits per heavy atom. The van der Waals surface area contributed by atoms with Crippen LogP contribution in [0.2, 0.25) is 0 Å². The Balaban J connectivity index is 2.02. The Morgan fingerprint density at radius 3 is 1.48 bits per heavy atom. The second-order valence-electron chi connectivity index (χ2n) is 17.9. The van der Waals surface area contributed by atoms with Crippen molar-refractivity contribution in [2.24, 2.45) is 0 Å².